The number of fused-ring (bicyclic) bond motifs is 4. The fraction of sp³-hybridized carbons (Fsp3) is 0.148. The molecule has 13 rings (SSSR count). The SMILES string of the molecule is Cc1ccc(N2C=CN(c3cc4c(cn3)c3ncc(N5CN(c6ccc(C)cc6)c6ccccc65)cc3n4-c3cc(N4C=CN(c5ccc(C)cc5)C4)c(C)c(N4C=CN(c5ccc(C)cc5)C4)c3)C2)cc1. The van der Waals surface area contributed by atoms with E-state index in [1.54, 1.807) is 0 Å². The molecule has 6 aromatic carbocycles. The number of rotatable bonds is 9. The normalized spacial score (nSPS) is 15.2. The maximum atomic E-state index is 5.37. The van der Waals surface area contributed by atoms with Crippen molar-refractivity contribution in [2.75, 3.05) is 65.9 Å². The molecule has 0 bridgehead atoms. The van der Waals surface area contributed by atoms with Gasteiger partial charge in [-0.1, -0.05) is 82.9 Å². The lowest BCUT2D eigenvalue weighted by Gasteiger charge is -2.29. The highest BCUT2D eigenvalue weighted by atomic mass is 15.4. The molecule has 0 unspecified atom stereocenters. The molecule has 0 fully saturated rings. The highest BCUT2D eigenvalue weighted by Crippen LogP contribution is 2.46. The Morgan fingerprint density at radius 3 is 1.31 bits per heavy atom. The van der Waals surface area contributed by atoms with Crippen LogP contribution in [-0.4, -0.2) is 41.2 Å². The van der Waals surface area contributed by atoms with E-state index in [2.05, 4.69) is 261 Å². The van der Waals surface area contributed by atoms with Gasteiger partial charge in [-0.2, -0.15) is 0 Å². The molecule has 7 heterocycles. The lowest BCUT2D eigenvalue weighted by molar-refractivity contribution is 0.949. The van der Waals surface area contributed by atoms with Crippen LogP contribution in [0.3, 0.4) is 0 Å². The maximum absolute atomic E-state index is 5.37. The molecule has 0 saturated heterocycles. The van der Waals surface area contributed by atoms with E-state index in [0.29, 0.717) is 26.7 Å². The van der Waals surface area contributed by atoms with Crippen molar-refractivity contribution in [2.24, 2.45) is 0 Å². The lowest BCUT2D eigenvalue weighted by Crippen LogP contribution is -2.27. The van der Waals surface area contributed by atoms with Gasteiger partial charge in [-0.15, -0.1) is 0 Å². The van der Waals surface area contributed by atoms with Crippen LogP contribution in [0, 0.1) is 34.6 Å². The highest BCUT2D eigenvalue weighted by molar-refractivity contribution is 6.08. The Morgan fingerprint density at radius 1 is 0.347 bits per heavy atom. The monoisotopic (exact) mass is 941 g/mol. The standard InChI is InChI=1S/C61H55N11/c1-42-10-18-47(19-11-42)64-26-29-67(38-64)56-32-51(33-57(46(56)5)68-30-27-65(39-68)48-20-12-43(2)13-21-48)72-58-35-60(69-31-28-66(40-69)49-22-14-44(3)15-23-49)62-37-53(58)61-59(72)34-52(36-63-61)71-41-70(50-24-16-45(4)17-25-50)54-8-6-7-9-55(54)71/h6-37H,38-41H2,1-5H3. The third kappa shape index (κ3) is 7.52. The van der Waals surface area contributed by atoms with Gasteiger partial charge < -0.3 is 43.8 Å². The van der Waals surface area contributed by atoms with Crippen molar-refractivity contribution < 1.29 is 0 Å². The molecular formula is C61H55N11. The second-order valence-corrected chi connectivity index (χ2v) is 19.5. The number of anilines is 10. The number of aromatic nitrogens is 3. The zero-order valence-electron chi connectivity index (χ0n) is 41.2. The summed E-state index contributed by atoms with van der Waals surface area (Å²) in [6.07, 6.45) is 17.1. The van der Waals surface area contributed by atoms with Crippen LogP contribution in [0.5, 0.6) is 0 Å². The van der Waals surface area contributed by atoms with Gasteiger partial charge in [-0.25, -0.2) is 4.98 Å². The van der Waals surface area contributed by atoms with E-state index in [9.17, 15) is 0 Å². The average molecular weight is 942 g/mol. The lowest BCUT2D eigenvalue weighted by atomic mass is 10.1. The second kappa shape index (κ2) is 17.2. The third-order valence-corrected chi connectivity index (χ3v) is 14.7. The van der Waals surface area contributed by atoms with Crippen molar-refractivity contribution in [3.63, 3.8) is 0 Å². The van der Waals surface area contributed by atoms with Crippen LogP contribution >= 0.6 is 0 Å². The van der Waals surface area contributed by atoms with Crippen LogP contribution in [0.25, 0.3) is 27.6 Å². The van der Waals surface area contributed by atoms with Gasteiger partial charge in [-0.3, -0.25) is 4.98 Å². The van der Waals surface area contributed by atoms with Gasteiger partial charge in [0.05, 0.1) is 58.8 Å². The summed E-state index contributed by atoms with van der Waals surface area (Å²) in [5, 5.41) is 0.990. The summed E-state index contributed by atoms with van der Waals surface area (Å²) in [5.74, 6) is 0.861. The predicted octanol–water partition coefficient (Wildman–Crippen LogP) is 13.6. The molecule has 11 nitrogen and oxygen atoms in total. The van der Waals surface area contributed by atoms with Gasteiger partial charge in [-0.05, 0) is 119 Å². The van der Waals surface area contributed by atoms with E-state index >= 15 is 0 Å². The Labute approximate surface area is 420 Å². The first kappa shape index (κ1) is 43.1. The van der Waals surface area contributed by atoms with Gasteiger partial charge in [0.1, 0.15) is 19.2 Å². The first-order chi connectivity index (χ1) is 35.2. The van der Waals surface area contributed by atoms with Gasteiger partial charge in [0, 0.05) is 89.0 Å². The molecule has 0 radical (unpaired) electrons. The zero-order chi connectivity index (χ0) is 48.6. The Balaban J connectivity index is 0.971. The Bertz CT molecular complexity index is 3540. The minimum Gasteiger partial charge on any atom is -0.328 e. The summed E-state index contributed by atoms with van der Waals surface area (Å²) in [6.45, 7) is 13.4. The molecule has 0 aliphatic carbocycles. The fourth-order valence-corrected chi connectivity index (χ4v) is 10.5. The molecule has 0 N–H and O–H groups in total. The average Bonchev–Trinajstić information content (AvgIpc) is 4.28. The quantitative estimate of drug-likeness (QED) is 0.140. The molecular weight excluding hydrogens is 887 g/mol. The second-order valence-electron chi connectivity index (χ2n) is 19.5. The fourth-order valence-electron chi connectivity index (χ4n) is 10.5. The van der Waals surface area contributed by atoms with E-state index in [1.165, 1.54) is 33.5 Å². The van der Waals surface area contributed by atoms with Gasteiger partial charge >= 0.3 is 0 Å². The molecule has 0 atom stereocenters. The number of hydrogen-bond acceptors (Lipinski definition) is 10. The molecule has 72 heavy (non-hydrogen) atoms. The molecule has 9 aromatic rings. The number of para-hydroxylation sites is 2. The van der Waals surface area contributed by atoms with Crippen molar-refractivity contribution in [3.8, 4) is 5.69 Å². The molecule has 0 saturated carbocycles. The van der Waals surface area contributed by atoms with Gasteiger partial charge in [0.25, 0.3) is 0 Å². The summed E-state index contributed by atoms with van der Waals surface area (Å²) in [4.78, 5) is 29.2. The maximum Gasteiger partial charge on any atom is 0.136 e. The minimum atomic E-state index is 0.645. The number of pyridine rings is 2. The topological polar surface area (TPSA) is 56.6 Å². The summed E-state index contributed by atoms with van der Waals surface area (Å²) < 4.78 is 2.42. The summed E-state index contributed by atoms with van der Waals surface area (Å²) in [5.41, 5.74) is 20.3. The molecule has 4 aliphatic heterocycles. The summed E-state index contributed by atoms with van der Waals surface area (Å²) >= 11 is 0. The largest absolute Gasteiger partial charge is 0.328 e. The summed E-state index contributed by atoms with van der Waals surface area (Å²) in [6, 6.07) is 53.0. The first-order valence-electron chi connectivity index (χ1n) is 24.7. The van der Waals surface area contributed by atoms with Crippen molar-refractivity contribution in [2.45, 2.75) is 34.6 Å². The zero-order valence-corrected chi connectivity index (χ0v) is 41.2. The number of hydrogen-bond donors (Lipinski definition) is 0. The molecule has 0 amide bonds. The smallest absolute Gasteiger partial charge is 0.136 e. The molecule has 4 aliphatic rings. The Kier molecular flexibility index (Phi) is 10.3. The van der Waals surface area contributed by atoms with Crippen molar-refractivity contribution in [1.82, 2.24) is 14.5 Å². The van der Waals surface area contributed by atoms with Gasteiger partial charge in [0.2, 0.25) is 0 Å². The van der Waals surface area contributed by atoms with Crippen molar-refractivity contribution >= 4 is 78.9 Å². The Morgan fingerprint density at radius 2 is 0.792 bits per heavy atom. The van der Waals surface area contributed by atoms with E-state index in [1.807, 2.05) is 12.4 Å². The van der Waals surface area contributed by atoms with Crippen LogP contribution in [-0.2, 0) is 0 Å². The predicted molar refractivity (Wildman–Crippen MR) is 298 cm³/mol. The van der Waals surface area contributed by atoms with E-state index in [4.69, 9.17) is 9.97 Å². The highest BCUT2D eigenvalue weighted by Gasteiger charge is 2.30. The van der Waals surface area contributed by atoms with Gasteiger partial charge in [0.15, 0.2) is 0 Å². The molecule has 3 aromatic heterocycles. The van der Waals surface area contributed by atoms with Crippen molar-refractivity contribution in [1.29, 1.82) is 0 Å². The molecule has 11 heteroatoms. The molecule has 354 valence electrons. The number of benzene rings is 6. The summed E-state index contributed by atoms with van der Waals surface area (Å²) in [7, 11) is 0. The van der Waals surface area contributed by atoms with E-state index < -0.39 is 0 Å². The van der Waals surface area contributed by atoms with E-state index in [-0.39, 0.29) is 0 Å². The molecule has 0 spiro atoms. The van der Waals surface area contributed by atoms with Crippen LogP contribution in [0.1, 0.15) is 27.8 Å². The van der Waals surface area contributed by atoms with E-state index in [0.717, 1.165) is 78.9 Å². The van der Waals surface area contributed by atoms with Crippen LogP contribution in [0.4, 0.5) is 57.0 Å². The Hall–Kier alpha value is -8.96. The third-order valence-electron chi connectivity index (χ3n) is 14.7. The van der Waals surface area contributed by atoms with Crippen LogP contribution in [0.15, 0.2) is 195 Å². The van der Waals surface area contributed by atoms with Crippen LogP contribution in [0.2, 0.25) is 0 Å². The van der Waals surface area contributed by atoms with Crippen molar-refractivity contribution in [3.05, 3.63) is 223 Å². The van der Waals surface area contributed by atoms with Crippen LogP contribution < -0.4 is 39.2 Å². The first-order valence-corrected chi connectivity index (χ1v) is 24.7. The minimum absolute atomic E-state index is 0.645. The number of aryl methyl sites for hydroxylation is 4. The number of nitrogens with zero attached hydrogens (tertiary/aromatic N) is 11.